The fourth-order valence-corrected chi connectivity index (χ4v) is 4.05. The third-order valence-corrected chi connectivity index (χ3v) is 6.53. The van der Waals surface area contributed by atoms with E-state index in [1.165, 1.54) is 4.90 Å². The molecular formula is C25H38N4O5. The molecule has 1 aliphatic heterocycles. The van der Waals surface area contributed by atoms with Crippen LogP contribution in [0.4, 0.5) is 0 Å². The number of amides is 3. The summed E-state index contributed by atoms with van der Waals surface area (Å²) in [6, 6.07) is 5.72. The molecule has 1 aromatic carbocycles. The predicted octanol–water partition coefficient (Wildman–Crippen LogP) is 1.30. The number of aliphatic carboxylic acids is 1. The molecule has 5 N–H and O–H groups in total. The molecule has 1 heterocycles. The average Bonchev–Trinajstić information content (AvgIpc) is 3.31. The second-order valence-electron chi connectivity index (χ2n) is 9.42. The molecule has 34 heavy (non-hydrogen) atoms. The highest BCUT2D eigenvalue weighted by atomic mass is 16.4. The van der Waals surface area contributed by atoms with Gasteiger partial charge in [-0.05, 0) is 30.2 Å². The van der Waals surface area contributed by atoms with Crippen LogP contribution < -0.4 is 16.4 Å². The van der Waals surface area contributed by atoms with Gasteiger partial charge in [-0.15, -0.1) is 0 Å². The quantitative estimate of drug-likeness (QED) is 0.381. The topological polar surface area (TPSA) is 142 Å². The Labute approximate surface area is 201 Å². The summed E-state index contributed by atoms with van der Waals surface area (Å²) in [5.41, 5.74) is 6.80. The van der Waals surface area contributed by atoms with Crippen molar-refractivity contribution in [1.82, 2.24) is 15.5 Å². The van der Waals surface area contributed by atoms with Gasteiger partial charge in [0, 0.05) is 13.0 Å². The molecule has 1 saturated heterocycles. The maximum Gasteiger partial charge on any atom is 0.326 e. The Morgan fingerprint density at radius 1 is 1.09 bits per heavy atom. The summed E-state index contributed by atoms with van der Waals surface area (Å²) in [7, 11) is 0. The van der Waals surface area contributed by atoms with E-state index in [4.69, 9.17) is 5.73 Å². The molecule has 1 aromatic rings. The third kappa shape index (κ3) is 7.03. The van der Waals surface area contributed by atoms with E-state index in [-0.39, 0.29) is 18.3 Å². The molecule has 0 aliphatic carbocycles. The van der Waals surface area contributed by atoms with E-state index in [9.17, 15) is 24.3 Å². The normalized spacial score (nSPS) is 19.2. The lowest BCUT2D eigenvalue weighted by molar-refractivity contribution is -0.149. The number of carboxylic acids is 1. The minimum atomic E-state index is -1.05. The summed E-state index contributed by atoms with van der Waals surface area (Å²) in [6.45, 7) is 7.73. The Morgan fingerprint density at radius 2 is 1.74 bits per heavy atom. The van der Waals surface area contributed by atoms with Crippen molar-refractivity contribution in [2.45, 2.75) is 77.5 Å². The molecule has 9 heteroatoms. The van der Waals surface area contributed by atoms with Gasteiger partial charge in [-0.1, -0.05) is 64.4 Å². The Bertz CT molecular complexity index is 860. The molecule has 1 fully saturated rings. The van der Waals surface area contributed by atoms with Crippen LogP contribution in [0.5, 0.6) is 0 Å². The van der Waals surface area contributed by atoms with Crippen LogP contribution in [0.3, 0.4) is 0 Å². The lowest BCUT2D eigenvalue weighted by Gasteiger charge is -2.30. The second kappa shape index (κ2) is 12.5. The number of rotatable bonds is 11. The minimum absolute atomic E-state index is 0.101. The van der Waals surface area contributed by atoms with Gasteiger partial charge in [-0.3, -0.25) is 14.4 Å². The highest BCUT2D eigenvalue weighted by molar-refractivity contribution is 5.94. The molecule has 2 rings (SSSR count). The molecule has 3 amide bonds. The summed E-state index contributed by atoms with van der Waals surface area (Å²) in [4.78, 5) is 52.4. The number of nitrogens with one attached hydrogen (secondary N) is 2. The first-order valence-corrected chi connectivity index (χ1v) is 12.0. The van der Waals surface area contributed by atoms with Gasteiger partial charge in [0.15, 0.2) is 0 Å². The lowest BCUT2D eigenvalue weighted by atomic mass is 9.95. The van der Waals surface area contributed by atoms with Gasteiger partial charge in [0.2, 0.25) is 17.7 Å². The summed E-state index contributed by atoms with van der Waals surface area (Å²) >= 11 is 0. The first-order chi connectivity index (χ1) is 16.1. The maximum atomic E-state index is 13.4. The van der Waals surface area contributed by atoms with Crippen molar-refractivity contribution in [3.8, 4) is 0 Å². The summed E-state index contributed by atoms with van der Waals surface area (Å²) < 4.78 is 0. The van der Waals surface area contributed by atoms with Crippen LogP contribution in [0.1, 0.15) is 52.5 Å². The molecule has 9 nitrogen and oxygen atoms in total. The first kappa shape index (κ1) is 27.3. The van der Waals surface area contributed by atoms with E-state index in [2.05, 4.69) is 10.6 Å². The average molecular weight is 475 g/mol. The van der Waals surface area contributed by atoms with Crippen molar-refractivity contribution in [1.29, 1.82) is 0 Å². The van der Waals surface area contributed by atoms with E-state index in [0.29, 0.717) is 25.8 Å². The SMILES string of the molecule is CCC(C)C(NC(=O)C(N)C(C)C)C(=O)NC(Cc1ccccc1)C(=O)N1CCCC1C(=O)O. The molecule has 0 bridgehead atoms. The number of hydrogen-bond acceptors (Lipinski definition) is 5. The van der Waals surface area contributed by atoms with Gasteiger partial charge in [0.05, 0.1) is 6.04 Å². The van der Waals surface area contributed by atoms with Crippen molar-refractivity contribution in [3.63, 3.8) is 0 Å². The fraction of sp³-hybridized carbons (Fsp3) is 0.600. The molecule has 1 aliphatic rings. The number of likely N-dealkylation sites (tertiary alicyclic amines) is 1. The van der Waals surface area contributed by atoms with Crippen molar-refractivity contribution < 1.29 is 24.3 Å². The Hall–Kier alpha value is -2.94. The summed E-state index contributed by atoms with van der Waals surface area (Å²) in [5.74, 6) is -2.70. The second-order valence-corrected chi connectivity index (χ2v) is 9.42. The molecule has 0 spiro atoms. The molecule has 0 aromatic heterocycles. The van der Waals surface area contributed by atoms with E-state index in [1.807, 2.05) is 58.0 Å². The summed E-state index contributed by atoms with van der Waals surface area (Å²) in [5, 5.41) is 15.1. The standard InChI is InChI=1S/C25H38N4O5/c1-5-16(4)21(28-22(30)20(26)15(2)3)23(31)27-18(14-17-10-7-6-8-11-17)24(32)29-13-9-12-19(29)25(33)34/h6-8,10-11,15-16,18-21H,5,9,12-14,26H2,1-4H3,(H,27,31)(H,28,30)(H,33,34). The van der Waals surface area contributed by atoms with E-state index >= 15 is 0 Å². The number of nitrogens with two attached hydrogens (primary N) is 1. The molecular weight excluding hydrogens is 436 g/mol. The Kier molecular flexibility index (Phi) is 10.0. The molecule has 0 saturated carbocycles. The number of nitrogens with zero attached hydrogens (tertiary/aromatic N) is 1. The monoisotopic (exact) mass is 474 g/mol. The van der Waals surface area contributed by atoms with Gasteiger partial charge in [0.1, 0.15) is 18.1 Å². The first-order valence-electron chi connectivity index (χ1n) is 12.0. The highest BCUT2D eigenvalue weighted by Gasteiger charge is 2.39. The zero-order chi connectivity index (χ0) is 25.4. The zero-order valence-corrected chi connectivity index (χ0v) is 20.5. The number of carbonyl (C=O) groups is 4. The molecule has 5 atom stereocenters. The van der Waals surface area contributed by atoms with Crippen molar-refractivity contribution in [3.05, 3.63) is 35.9 Å². The van der Waals surface area contributed by atoms with Crippen molar-refractivity contribution in [2.24, 2.45) is 17.6 Å². The minimum Gasteiger partial charge on any atom is -0.480 e. The fourth-order valence-electron chi connectivity index (χ4n) is 4.05. The van der Waals surface area contributed by atoms with Crippen LogP contribution in [0, 0.1) is 11.8 Å². The van der Waals surface area contributed by atoms with Crippen molar-refractivity contribution in [2.75, 3.05) is 6.54 Å². The predicted molar refractivity (Wildman–Crippen MR) is 129 cm³/mol. The number of hydrogen-bond donors (Lipinski definition) is 4. The third-order valence-electron chi connectivity index (χ3n) is 6.53. The van der Waals surface area contributed by atoms with E-state index < -0.39 is 47.9 Å². The number of carboxylic acid groups (broad SMARTS) is 1. The molecule has 5 unspecified atom stereocenters. The molecule has 0 radical (unpaired) electrons. The Morgan fingerprint density at radius 3 is 2.29 bits per heavy atom. The van der Waals surface area contributed by atoms with Crippen LogP contribution >= 0.6 is 0 Å². The smallest absolute Gasteiger partial charge is 0.326 e. The van der Waals surface area contributed by atoms with Gasteiger partial charge < -0.3 is 26.4 Å². The number of benzene rings is 1. The van der Waals surface area contributed by atoms with Gasteiger partial charge in [-0.25, -0.2) is 4.79 Å². The largest absolute Gasteiger partial charge is 0.480 e. The maximum absolute atomic E-state index is 13.4. The highest BCUT2D eigenvalue weighted by Crippen LogP contribution is 2.20. The lowest BCUT2D eigenvalue weighted by Crippen LogP contribution is -2.59. The van der Waals surface area contributed by atoms with E-state index in [0.717, 1.165) is 5.56 Å². The van der Waals surface area contributed by atoms with E-state index in [1.54, 1.807) is 0 Å². The van der Waals surface area contributed by atoms with Crippen LogP contribution in [-0.2, 0) is 25.6 Å². The summed E-state index contributed by atoms with van der Waals surface area (Å²) in [6.07, 6.45) is 1.81. The van der Waals surface area contributed by atoms with Gasteiger partial charge in [-0.2, -0.15) is 0 Å². The number of carbonyl (C=O) groups excluding carboxylic acids is 3. The van der Waals surface area contributed by atoms with Crippen LogP contribution in [0.25, 0.3) is 0 Å². The Balaban J connectivity index is 2.27. The van der Waals surface area contributed by atoms with Crippen LogP contribution in [-0.4, -0.2) is 64.4 Å². The molecule has 188 valence electrons. The zero-order valence-electron chi connectivity index (χ0n) is 20.5. The van der Waals surface area contributed by atoms with Gasteiger partial charge in [0.25, 0.3) is 0 Å². The van der Waals surface area contributed by atoms with Crippen molar-refractivity contribution >= 4 is 23.7 Å². The van der Waals surface area contributed by atoms with Crippen LogP contribution in [0.2, 0.25) is 0 Å². The van der Waals surface area contributed by atoms with Gasteiger partial charge >= 0.3 is 5.97 Å². The van der Waals surface area contributed by atoms with Crippen LogP contribution in [0.15, 0.2) is 30.3 Å².